The van der Waals surface area contributed by atoms with Crippen molar-refractivity contribution in [1.82, 2.24) is 20.5 Å². The topological polar surface area (TPSA) is 139 Å². The summed E-state index contributed by atoms with van der Waals surface area (Å²) in [7, 11) is 0. The molecule has 0 saturated carbocycles. The fourth-order valence-electron chi connectivity index (χ4n) is 7.92. The van der Waals surface area contributed by atoms with Gasteiger partial charge in [0.1, 0.15) is 36.9 Å². The van der Waals surface area contributed by atoms with Crippen molar-refractivity contribution in [1.29, 1.82) is 0 Å². The standard InChI is InChI=1S/C50H45Cl2FN4O7/c1-28-29(2)54-19-18-40(28)34-7-4-31(5-8-34)21-43(49(59)60)56-48(58)44-22-36-23-45-46(24-37(36)25-57(44)50(61)55-30(3)33-9-13-38(53)14-10-33)64-47(27-63-45)35-11-15-39(16-12-35)62-26-32-6-17-41(51)42(52)20-32/h4-20,23-24,30,43-44,47H,21-22,25-27H2,1-3H3,(H,55,61)(H,56,58)(H,59,60)/t30-,43+,44+,47-/m1/s1. The van der Waals surface area contributed by atoms with Crippen LogP contribution in [0.2, 0.25) is 10.0 Å². The van der Waals surface area contributed by atoms with Gasteiger partial charge >= 0.3 is 12.0 Å². The number of urea groups is 1. The van der Waals surface area contributed by atoms with E-state index < -0.39 is 48.0 Å². The molecular weight excluding hydrogens is 858 g/mol. The summed E-state index contributed by atoms with van der Waals surface area (Å²) in [6.45, 7) is 6.25. The number of pyridine rings is 1. The minimum absolute atomic E-state index is 0.00859. The van der Waals surface area contributed by atoms with Crippen LogP contribution in [0.3, 0.4) is 0 Å². The number of carboxylic acids is 1. The zero-order chi connectivity index (χ0) is 45.1. The molecule has 2 aliphatic heterocycles. The fourth-order valence-corrected chi connectivity index (χ4v) is 8.24. The number of halogens is 3. The third kappa shape index (κ3) is 9.93. The Kier molecular flexibility index (Phi) is 13.1. The van der Waals surface area contributed by atoms with E-state index in [0.717, 1.165) is 44.6 Å². The van der Waals surface area contributed by atoms with E-state index in [0.29, 0.717) is 45.0 Å². The highest BCUT2D eigenvalue weighted by atomic mass is 35.5. The Morgan fingerprint density at radius 1 is 0.875 bits per heavy atom. The minimum atomic E-state index is -1.28. The molecule has 8 rings (SSSR count). The Morgan fingerprint density at radius 2 is 1.59 bits per heavy atom. The fraction of sp³-hybridized carbons (Fsp3) is 0.240. The number of carbonyl (C=O) groups excluding carboxylic acids is 2. The third-order valence-corrected chi connectivity index (χ3v) is 12.5. The molecule has 0 unspecified atom stereocenters. The average molecular weight is 904 g/mol. The van der Waals surface area contributed by atoms with Crippen molar-refractivity contribution >= 4 is 41.1 Å². The molecule has 11 nitrogen and oxygen atoms in total. The van der Waals surface area contributed by atoms with Crippen LogP contribution in [-0.4, -0.2) is 51.6 Å². The van der Waals surface area contributed by atoms with Crippen molar-refractivity contribution in [3.05, 3.63) is 176 Å². The van der Waals surface area contributed by atoms with Gasteiger partial charge in [0, 0.05) is 31.3 Å². The van der Waals surface area contributed by atoms with E-state index in [4.69, 9.17) is 37.4 Å². The molecule has 64 heavy (non-hydrogen) atoms. The second-order valence-electron chi connectivity index (χ2n) is 16.0. The first kappa shape index (κ1) is 44.0. The van der Waals surface area contributed by atoms with Gasteiger partial charge < -0.3 is 34.9 Å². The molecule has 3 heterocycles. The normalized spacial score (nSPS) is 16.2. The zero-order valence-electron chi connectivity index (χ0n) is 35.2. The van der Waals surface area contributed by atoms with Crippen LogP contribution in [-0.2, 0) is 35.6 Å². The molecule has 0 saturated heterocycles. The van der Waals surface area contributed by atoms with Crippen molar-refractivity contribution in [2.45, 2.75) is 71.0 Å². The number of hydrogen-bond donors (Lipinski definition) is 3. The lowest BCUT2D eigenvalue weighted by atomic mass is 9.92. The monoisotopic (exact) mass is 902 g/mol. The number of rotatable bonds is 12. The number of nitrogens with one attached hydrogen (secondary N) is 2. The molecule has 6 aromatic rings. The number of fused-ring (bicyclic) bond motifs is 2. The van der Waals surface area contributed by atoms with Gasteiger partial charge in [0.2, 0.25) is 5.91 Å². The second-order valence-corrected chi connectivity index (χ2v) is 16.8. The van der Waals surface area contributed by atoms with Crippen LogP contribution in [0.1, 0.15) is 63.7 Å². The van der Waals surface area contributed by atoms with Crippen LogP contribution in [0.15, 0.2) is 115 Å². The first-order valence-corrected chi connectivity index (χ1v) is 21.5. The maximum Gasteiger partial charge on any atom is 0.326 e. The molecular formula is C50H45Cl2FN4O7. The lowest BCUT2D eigenvalue weighted by Crippen LogP contribution is -2.57. The average Bonchev–Trinajstić information content (AvgIpc) is 3.29. The van der Waals surface area contributed by atoms with Crippen molar-refractivity contribution in [3.8, 4) is 28.4 Å². The molecule has 328 valence electrons. The van der Waals surface area contributed by atoms with Gasteiger partial charge in [-0.15, -0.1) is 0 Å². The lowest BCUT2D eigenvalue weighted by Gasteiger charge is -2.38. The Bertz CT molecular complexity index is 2700. The molecule has 5 aromatic carbocycles. The highest BCUT2D eigenvalue weighted by Crippen LogP contribution is 2.41. The highest BCUT2D eigenvalue weighted by molar-refractivity contribution is 6.42. The molecule has 0 spiro atoms. The van der Waals surface area contributed by atoms with Gasteiger partial charge in [-0.05, 0) is 125 Å². The van der Waals surface area contributed by atoms with E-state index in [1.807, 2.05) is 86.6 Å². The number of carbonyl (C=O) groups is 3. The summed E-state index contributed by atoms with van der Waals surface area (Å²) in [6.07, 6.45) is 1.40. The van der Waals surface area contributed by atoms with E-state index >= 15 is 0 Å². The molecule has 3 amide bonds. The van der Waals surface area contributed by atoms with Crippen LogP contribution in [0.25, 0.3) is 11.1 Å². The van der Waals surface area contributed by atoms with Crippen LogP contribution < -0.4 is 24.8 Å². The predicted molar refractivity (Wildman–Crippen MR) is 241 cm³/mol. The third-order valence-electron chi connectivity index (χ3n) is 11.7. The van der Waals surface area contributed by atoms with E-state index in [1.54, 1.807) is 37.4 Å². The van der Waals surface area contributed by atoms with Gasteiger partial charge in [-0.3, -0.25) is 9.78 Å². The minimum Gasteiger partial charge on any atom is -0.489 e. The van der Waals surface area contributed by atoms with E-state index in [9.17, 15) is 23.9 Å². The van der Waals surface area contributed by atoms with Gasteiger partial charge in [-0.25, -0.2) is 14.0 Å². The summed E-state index contributed by atoms with van der Waals surface area (Å²) in [4.78, 5) is 46.8. The number of ether oxygens (including phenoxy) is 3. The molecule has 0 aliphatic carbocycles. The number of carboxylic acid groups (broad SMARTS) is 1. The van der Waals surface area contributed by atoms with Crippen LogP contribution >= 0.6 is 23.2 Å². The largest absolute Gasteiger partial charge is 0.489 e. The summed E-state index contributed by atoms with van der Waals surface area (Å²) >= 11 is 12.2. The Hall–Kier alpha value is -6.63. The molecule has 3 N–H and O–H groups in total. The summed E-state index contributed by atoms with van der Waals surface area (Å²) in [5.74, 6) is -0.626. The second kappa shape index (κ2) is 19.0. The zero-order valence-corrected chi connectivity index (χ0v) is 36.8. The molecule has 0 bridgehead atoms. The smallest absolute Gasteiger partial charge is 0.326 e. The van der Waals surface area contributed by atoms with Crippen molar-refractivity contribution in [2.75, 3.05) is 6.61 Å². The SMILES string of the molecule is Cc1nccc(-c2ccc(C[C@H](NC(=O)[C@@H]3Cc4cc5c(cc4CN3C(=O)N[C@H](C)c3ccc(F)cc3)O[C@@H](c3ccc(OCc4ccc(Cl)c(Cl)c4)cc3)CO5)C(=O)O)cc2)c1C. The molecule has 0 fully saturated rings. The van der Waals surface area contributed by atoms with Crippen LogP contribution in [0, 0.1) is 19.7 Å². The first-order valence-electron chi connectivity index (χ1n) is 20.8. The molecule has 2 aliphatic rings. The molecule has 0 radical (unpaired) electrons. The summed E-state index contributed by atoms with van der Waals surface area (Å²) in [5.41, 5.74) is 8.56. The number of aromatic nitrogens is 1. The maximum absolute atomic E-state index is 14.3. The van der Waals surface area contributed by atoms with Crippen molar-refractivity contribution in [2.24, 2.45) is 0 Å². The first-order chi connectivity index (χ1) is 30.8. The van der Waals surface area contributed by atoms with Crippen molar-refractivity contribution < 1.29 is 38.1 Å². The maximum atomic E-state index is 14.3. The summed E-state index contributed by atoms with van der Waals surface area (Å²) < 4.78 is 32.4. The molecule has 14 heteroatoms. The highest BCUT2D eigenvalue weighted by Gasteiger charge is 2.38. The molecule has 4 atom stereocenters. The predicted octanol–water partition coefficient (Wildman–Crippen LogP) is 9.91. The van der Waals surface area contributed by atoms with Gasteiger partial charge in [0.15, 0.2) is 17.6 Å². The summed E-state index contributed by atoms with van der Waals surface area (Å²) in [6, 6.07) is 28.3. The van der Waals surface area contributed by atoms with Gasteiger partial charge in [0.25, 0.3) is 0 Å². The number of nitrogens with zero attached hydrogens (tertiary/aromatic N) is 2. The molecule has 1 aromatic heterocycles. The summed E-state index contributed by atoms with van der Waals surface area (Å²) in [5, 5.41) is 16.9. The number of aliphatic carboxylic acids is 1. The lowest BCUT2D eigenvalue weighted by molar-refractivity contribution is -0.142. The van der Waals surface area contributed by atoms with Crippen LogP contribution in [0.4, 0.5) is 9.18 Å². The Balaban J connectivity index is 0.991. The Morgan fingerprint density at radius 3 is 2.31 bits per heavy atom. The number of hydrogen-bond acceptors (Lipinski definition) is 7. The van der Waals surface area contributed by atoms with Gasteiger partial charge in [-0.1, -0.05) is 77.8 Å². The van der Waals surface area contributed by atoms with E-state index in [2.05, 4.69) is 15.6 Å². The number of amides is 3. The van der Waals surface area contributed by atoms with Gasteiger partial charge in [-0.2, -0.15) is 0 Å². The van der Waals surface area contributed by atoms with E-state index in [-0.39, 0.29) is 26.0 Å². The quantitative estimate of drug-likeness (QED) is 0.110. The van der Waals surface area contributed by atoms with Crippen molar-refractivity contribution in [3.63, 3.8) is 0 Å². The number of benzene rings is 5. The van der Waals surface area contributed by atoms with Gasteiger partial charge in [0.05, 0.1) is 16.1 Å². The Labute approximate surface area is 380 Å². The van der Waals surface area contributed by atoms with Crippen LogP contribution in [0.5, 0.6) is 17.2 Å². The van der Waals surface area contributed by atoms with E-state index in [1.165, 1.54) is 17.0 Å². The number of aryl methyl sites for hydroxylation is 1.